The summed E-state index contributed by atoms with van der Waals surface area (Å²) >= 11 is 3.21. The molecule has 0 saturated heterocycles. The standard InChI is InChI=1S/C13H15BrFN/c14-10-6-2-5-9(12(10)15)13(16)11-7-3-1-4-8(7)11/h2,5-8,11,13H,1,3-4,16H2. The fourth-order valence-electron chi connectivity index (χ4n) is 3.39. The molecule has 1 aromatic rings. The molecule has 86 valence electrons. The molecule has 16 heavy (non-hydrogen) atoms. The van der Waals surface area contributed by atoms with Gasteiger partial charge in [-0.3, -0.25) is 0 Å². The molecular weight excluding hydrogens is 269 g/mol. The lowest BCUT2D eigenvalue weighted by Crippen LogP contribution is -2.17. The molecule has 3 unspecified atom stereocenters. The van der Waals surface area contributed by atoms with Crippen molar-refractivity contribution in [1.29, 1.82) is 0 Å². The molecule has 2 saturated carbocycles. The van der Waals surface area contributed by atoms with Crippen LogP contribution in [-0.4, -0.2) is 0 Å². The Morgan fingerprint density at radius 1 is 1.31 bits per heavy atom. The molecule has 0 bridgehead atoms. The topological polar surface area (TPSA) is 26.0 Å². The van der Waals surface area contributed by atoms with E-state index in [-0.39, 0.29) is 11.9 Å². The van der Waals surface area contributed by atoms with Gasteiger partial charge in [0.1, 0.15) is 5.82 Å². The Bertz CT molecular complexity index is 410. The van der Waals surface area contributed by atoms with E-state index in [0.717, 1.165) is 11.8 Å². The summed E-state index contributed by atoms with van der Waals surface area (Å²) in [7, 11) is 0. The predicted octanol–water partition coefficient (Wildman–Crippen LogP) is 3.63. The Hall–Kier alpha value is -0.410. The summed E-state index contributed by atoms with van der Waals surface area (Å²) in [6.45, 7) is 0. The number of nitrogens with two attached hydrogens (primary N) is 1. The van der Waals surface area contributed by atoms with E-state index in [0.29, 0.717) is 16.0 Å². The number of rotatable bonds is 2. The quantitative estimate of drug-likeness (QED) is 0.881. The minimum absolute atomic E-state index is 0.118. The van der Waals surface area contributed by atoms with E-state index in [2.05, 4.69) is 15.9 Å². The number of hydrogen-bond donors (Lipinski definition) is 1. The van der Waals surface area contributed by atoms with Gasteiger partial charge in [0.25, 0.3) is 0 Å². The summed E-state index contributed by atoms with van der Waals surface area (Å²) < 4.78 is 14.4. The predicted molar refractivity (Wildman–Crippen MR) is 65.3 cm³/mol. The van der Waals surface area contributed by atoms with Crippen molar-refractivity contribution in [2.45, 2.75) is 25.3 Å². The Labute approximate surface area is 103 Å². The number of fused-ring (bicyclic) bond motifs is 1. The van der Waals surface area contributed by atoms with Gasteiger partial charge in [0.15, 0.2) is 0 Å². The van der Waals surface area contributed by atoms with Gasteiger partial charge in [0.2, 0.25) is 0 Å². The van der Waals surface area contributed by atoms with Crippen LogP contribution in [0.15, 0.2) is 22.7 Å². The Morgan fingerprint density at radius 2 is 2.00 bits per heavy atom. The number of halogens is 2. The second kappa shape index (κ2) is 3.81. The van der Waals surface area contributed by atoms with E-state index in [1.54, 1.807) is 6.07 Å². The van der Waals surface area contributed by atoms with Crippen LogP contribution >= 0.6 is 15.9 Å². The van der Waals surface area contributed by atoms with Gasteiger partial charge in [0, 0.05) is 11.6 Å². The molecule has 2 aliphatic carbocycles. The molecule has 2 fully saturated rings. The lowest BCUT2D eigenvalue weighted by molar-refractivity contribution is 0.479. The first-order valence-corrected chi connectivity index (χ1v) is 6.69. The molecule has 3 rings (SSSR count). The normalized spacial score (nSPS) is 33.6. The second-order valence-corrected chi connectivity index (χ2v) is 5.86. The fraction of sp³-hybridized carbons (Fsp3) is 0.538. The van der Waals surface area contributed by atoms with Crippen LogP contribution in [0, 0.1) is 23.6 Å². The number of hydrogen-bond acceptors (Lipinski definition) is 1. The third-order valence-corrected chi connectivity index (χ3v) is 4.84. The van der Waals surface area contributed by atoms with Crippen molar-refractivity contribution in [2.75, 3.05) is 0 Å². The Balaban J connectivity index is 1.85. The van der Waals surface area contributed by atoms with Crippen LogP contribution in [-0.2, 0) is 0 Å². The van der Waals surface area contributed by atoms with Gasteiger partial charge in [-0.2, -0.15) is 0 Å². The maximum Gasteiger partial charge on any atom is 0.142 e. The van der Waals surface area contributed by atoms with Gasteiger partial charge >= 0.3 is 0 Å². The first-order valence-electron chi connectivity index (χ1n) is 5.89. The minimum Gasteiger partial charge on any atom is -0.324 e. The van der Waals surface area contributed by atoms with Gasteiger partial charge in [-0.1, -0.05) is 18.6 Å². The largest absolute Gasteiger partial charge is 0.324 e. The molecule has 3 atom stereocenters. The number of benzene rings is 1. The van der Waals surface area contributed by atoms with Gasteiger partial charge in [-0.15, -0.1) is 0 Å². The molecule has 0 aliphatic heterocycles. The third kappa shape index (κ3) is 1.52. The van der Waals surface area contributed by atoms with Crippen molar-refractivity contribution in [3.05, 3.63) is 34.1 Å². The van der Waals surface area contributed by atoms with Gasteiger partial charge < -0.3 is 5.73 Å². The summed E-state index contributed by atoms with van der Waals surface area (Å²) in [6, 6.07) is 5.28. The van der Waals surface area contributed by atoms with Crippen molar-refractivity contribution in [3.63, 3.8) is 0 Å². The van der Waals surface area contributed by atoms with Crippen LogP contribution in [0.4, 0.5) is 4.39 Å². The Morgan fingerprint density at radius 3 is 2.69 bits per heavy atom. The van der Waals surface area contributed by atoms with Crippen LogP contribution in [0.5, 0.6) is 0 Å². The van der Waals surface area contributed by atoms with E-state index in [4.69, 9.17) is 5.73 Å². The summed E-state index contributed by atoms with van der Waals surface area (Å²) in [4.78, 5) is 0. The summed E-state index contributed by atoms with van der Waals surface area (Å²) in [6.07, 6.45) is 3.91. The minimum atomic E-state index is -0.181. The molecular formula is C13H15BrFN. The highest BCUT2D eigenvalue weighted by Gasteiger charge is 2.55. The fourth-order valence-corrected chi connectivity index (χ4v) is 3.78. The van der Waals surface area contributed by atoms with Gasteiger partial charge in [-0.25, -0.2) is 4.39 Å². The summed E-state index contributed by atoms with van der Waals surface area (Å²) in [5.74, 6) is 1.89. The second-order valence-electron chi connectivity index (χ2n) is 5.00. The Kier molecular flexibility index (Phi) is 2.55. The van der Waals surface area contributed by atoms with Crippen molar-refractivity contribution in [3.8, 4) is 0 Å². The molecule has 0 aromatic heterocycles. The molecule has 1 aromatic carbocycles. The van der Waals surface area contributed by atoms with Crippen LogP contribution in [0.3, 0.4) is 0 Å². The SMILES string of the molecule is NC(c1cccc(Br)c1F)C1C2CCCC21. The van der Waals surface area contributed by atoms with Crippen LogP contribution in [0.1, 0.15) is 30.9 Å². The average Bonchev–Trinajstić information content (AvgIpc) is 2.75. The van der Waals surface area contributed by atoms with E-state index >= 15 is 0 Å². The first-order chi connectivity index (χ1) is 7.70. The molecule has 0 amide bonds. The molecule has 0 heterocycles. The lowest BCUT2D eigenvalue weighted by Gasteiger charge is -2.15. The van der Waals surface area contributed by atoms with Crippen molar-refractivity contribution in [1.82, 2.24) is 0 Å². The zero-order valence-electron chi connectivity index (χ0n) is 9.00. The highest BCUT2D eigenvalue weighted by atomic mass is 79.9. The van der Waals surface area contributed by atoms with Gasteiger partial charge in [-0.05, 0) is 52.6 Å². The van der Waals surface area contributed by atoms with Crippen LogP contribution in [0.2, 0.25) is 0 Å². The molecule has 2 aliphatic rings. The monoisotopic (exact) mass is 283 g/mol. The van der Waals surface area contributed by atoms with Crippen LogP contribution in [0.25, 0.3) is 0 Å². The molecule has 0 radical (unpaired) electrons. The maximum absolute atomic E-state index is 13.9. The smallest absolute Gasteiger partial charge is 0.142 e. The zero-order chi connectivity index (χ0) is 11.3. The van der Waals surface area contributed by atoms with E-state index < -0.39 is 0 Å². The first kappa shape index (κ1) is 10.7. The van der Waals surface area contributed by atoms with Crippen LogP contribution < -0.4 is 5.73 Å². The van der Waals surface area contributed by atoms with E-state index in [1.165, 1.54) is 19.3 Å². The van der Waals surface area contributed by atoms with E-state index in [1.807, 2.05) is 12.1 Å². The van der Waals surface area contributed by atoms with Gasteiger partial charge in [0.05, 0.1) is 4.47 Å². The molecule has 1 nitrogen and oxygen atoms in total. The summed E-state index contributed by atoms with van der Waals surface area (Å²) in [5.41, 5.74) is 6.87. The molecule has 0 spiro atoms. The maximum atomic E-state index is 13.9. The molecule has 2 N–H and O–H groups in total. The zero-order valence-corrected chi connectivity index (χ0v) is 10.6. The molecule has 3 heteroatoms. The third-order valence-electron chi connectivity index (χ3n) is 4.23. The highest BCUT2D eigenvalue weighted by molar-refractivity contribution is 9.10. The van der Waals surface area contributed by atoms with Crippen molar-refractivity contribution < 1.29 is 4.39 Å². The van der Waals surface area contributed by atoms with Crippen molar-refractivity contribution in [2.24, 2.45) is 23.5 Å². The van der Waals surface area contributed by atoms with E-state index in [9.17, 15) is 4.39 Å². The average molecular weight is 284 g/mol. The highest BCUT2D eigenvalue weighted by Crippen LogP contribution is 2.61. The lowest BCUT2D eigenvalue weighted by atomic mass is 9.97. The van der Waals surface area contributed by atoms with Crippen molar-refractivity contribution >= 4 is 15.9 Å². The summed E-state index contributed by atoms with van der Waals surface area (Å²) in [5, 5.41) is 0.